The molecule has 0 bridgehead atoms. The predicted octanol–water partition coefficient (Wildman–Crippen LogP) is 1.00. The molecule has 1 atom stereocenters. The summed E-state index contributed by atoms with van der Waals surface area (Å²) in [5, 5.41) is 16.7. The van der Waals surface area contributed by atoms with E-state index in [9.17, 15) is 9.59 Å². The number of nitrogens with zero attached hydrogens (tertiary/aromatic N) is 2. The molecule has 2 heterocycles. The number of anilines is 1. The summed E-state index contributed by atoms with van der Waals surface area (Å²) >= 11 is 0. The number of aliphatic carboxylic acids is 1. The fourth-order valence-corrected chi connectivity index (χ4v) is 2.23. The van der Waals surface area contributed by atoms with Crippen LogP contribution in [0.4, 0.5) is 5.82 Å². The Balaban J connectivity index is 2.00. The highest BCUT2D eigenvalue weighted by Crippen LogP contribution is 2.29. The van der Waals surface area contributed by atoms with Gasteiger partial charge in [-0.05, 0) is 12.1 Å². The Morgan fingerprint density at radius 2 is 2.22 bits per heavy atom. The summed E-state index contributed by atoms with van der Waals surface area (Å²) in [6, 6.07) is 7.45. The van der Waals surface area contributed by atoms with Crippen LogP contribution in [0.15, 0.2) is 24.3 Å². The summed E-state index contributed by atoms with van der Waals surface area (Å²) in [5.41, 5.74) is 0.832. The van der Waals surface area contributed by atoms with Gasteiger partial charge in [0.25, 0.3) is 0 Å². The number of carbonyl (C=O) groups is 2. The lowest BCUT2D eigenvalue weighted by molar-refractivity contribution is -0.141. The zero-order valence-electron chi connectivity index (χ0n) is 9.46. The second-order valence-electron chi connectivity index (χ2n) is 4.34. The van der Waals surface area contributed by atoms with E-state index in [1.807, 2.05) is 24.3 Å². The molecule has 0 spiro atoms. The van der Waals surface area contributed by atoms with Crippen molar-refractivity contribution in [2.45, 2.75) is 6.42 Å². The van der Waals surface area contributed by atoms with Crippen molar-refractivity contribution in [2.24, 2.45) is 5.92 Å². The van der Waals surface area contributed by atoms with E-state index in [1.165, 1.54) is 4.90 Å². The molecule has 0 radical (unpaired) electrons. The van der Waals surface area contributed by atoms with Crippen molar-refractivity contribution >= 4 is 28.6 Å². The largest absolute Gasteiger partial charge is 0.481 e. The van der Waals surface area contributed by atoms with E-state index >= 15 is 0 Å². The molecule has 2 N–H and O–H groups in total. The summed E-state index contributed by atoms with van der Waals surface area (Å²) in [6.07, 6.45) is 0.0382. The summed E-state index contributed by atoms with van der Waals surface area (Å²) in [6.45, 7) is 0.184. The van der Waals surface area contributed by atoms with Crippen molar-refractivity contribution < 1.29 is 14.7 Å². The fraction of sp³-hybridized carbons (Fsp3) is 0.250. The number of benzene rings is 1. The molecule has 1 amide bonds. The molecule has 0 unspecified atom stereocenters. The van der Waals surface area contributed by atoms with Gasteiger partial charge in [0.15, 0.2) is 5.82 Å². The van der Waals surface area contributed by atoms with Gasteiger partial charge in [-0.2, -0.15) is 5.10 Å². The molecule has 92 valence electrons. The number of hydrogen-bond acceptors (Lipinski definition) is 3. The Morgan fingerprint density at radius 1 is 1.44 bits per heavy atom. The van der Waals surface area contributed by atoms with Crippen LogP contribution < -0.4 is 4.90 Å². The smallest absolute Gasteiger partial charge is 0.308 e. The number of nitrogens with one attached hydrogen (secondary N) is 1. The molecular formula is C12H11N3O3. The summed E-state index contributed by atoms with van der Waals surface area (Å²) in [4.78, 5) is 24.2. The molecule has 2 aromatic rings. The van der Waals surface area contributed by atoms with Crippen LogP contribution in [0.25, 0.3) is 10.9 Å². The lowest BCUT2D eigenvalue weighted by Crippen LogP contribution is -2.26. The van der Waals surface area contributed by atoms with Crippen LogP contribution >= 0.6 is 0 Å². The first-order valence-corrected chi connectivity index (χ1v) is 5.63. The highest BCUT2D eigenvalue weighted by atomic mass is 16.4. The molecule has 1 aromatic carbocycles. The second kappa shape index (κ2) is 3.83. The van der Waals surface area contributed by atoms with E-state index in [0.29, 0.717) is 5.82 Å². The van der Waals surface area contributed by atoms with Gasteiger partial charge < -0.3 is 5.11 Å². The highest BCUT2D eigenvalue weighted by molar-refractivity contribution is 6.04. The van der Waals surface area contributed by atoms with Crippen LogP contribution in [0.2, 0.25) is 0 Å². The number of carbonyl (C=O) groups excluding carboxylic acids is 1. The molecule has 18 heavy (non-hydrogen) atoms. The Hall–Kier alpha value is -2.37. The fourth-order valence-electron chi connectivity index (χ4n) is 2.23. The molecular weight excluding hydrogens is 234 g/mol. The minimum Gasteiger partial charge on any atom is -0.481 e. The topological polar surface area (TPSA) is 86.3 Å². The van der Waals surface area contributed by atoms with Gasteiger partial charge in [-0.3, -0.25) is 19.6 Å². The van der Waals surface area contributed by atoms with Gasteiger partial charge in [0.1, 0.15) is 0 Å². The van der Waals surface area contributed by atoms with E-state index in [0.717, 1.165) is 10.9 Å². The Morgan fingerprint density at radius 3 is 2.94 bits per heavy atom. The van der Waals surface area contributed by atoms with Crippen molar-refractivity contribution in [1.82, 2.24) is 10.2 Å². The lowest BCUT2D eigenvalue weighted by atomic mass is 10.1. The molecule has 6 nitrogen and oxygen atoms in total. The molecule has 1 aromatic heterocycles. The number of carboxylic acid groups (broad SMARTS) is 1. The average molecular weight is 245 g/mol. The Bertz CT molecular complexity index is 634. The van der Waals surface area contributed by atoms with E-state index in [1.54, 1.807) is 0 Å². The first-order valence-electron chi connectivity index (χ1n) is 5.63. The summed E-state index contributed by atoms with van der Waals surface area (Å²) in [5.74, 6) is -1.27. The molecule has 6 heteroatoms. The van der Waals surface area contributed by atoms with Gasteiger partial charge in [-0.15, -0.1) is 0 Å². The van der Waals surface area contributed by atoms with Gasteiger partial charge in [0.2, 0.25) is 5.91 Å². The first kappa shape index (κ1) is 10.8. The molecule has 1 saturated heterocycles. The van der Waals surface area contributed by atoms with Crippen molar-refractivity contribution in [2.75, 3.05) is 11.4 Å². The van der Waals surface area contributed by atoms with Crippen LogP contribution in [-0.2, 0) is 9.59 Å². The molecule has 1 fully saturated rings. The Kier molecular flexibility index (Phi) is 2.29. The van der Waals surface area contributed by atoms with Crippen LogP contribution in [0.1, 0.15) is 6.42 Å². The van der Waals surface area contributed by atoms with Crippen LogP contribution in [-0.4, -0.2) is 33.7 Å². The Labute approximate surface area is 102 Å². The number of para-hydroxylation sites is 1. The summed E-state index contributed by atoms with van der Waals surface area (Å²) < 4.78 is 0. The number of amides is 1. The van der Waals surface area contributed by atoms with Gasteiger partial charge in [-0.25, -0.2) is 0 Å². The third-order valence-electron chi connectivity index (χ3n) is 3.18. The monoisotopic (exact) mass is 245 g/mol. The van der Waals surface area contributed by atoms with Crippen molar-refractivity contribution in [3.63, 3.8) is 0 Å². The number of aromatic amines is 1. The number of fused-ring (bicyclic) bond motifs is 1. The number of carboxylic acids is 1. The minimum atomic E-state index is -0.939. The highest BCUT2D eigenvalue weighted by Gasteiger charge is 2.36. The van der Waals surface area contributed by atoms with Crippen LogP contribution in [0.5, 0.6) is 0 Å². The van der Waals surface area contributed by atoms with E-state index in [4.69, 9.17) is 5.11 Å². The molecule has 1 aliphatic heterocycles. The molecule has 3 rings (SSSR count). The first-order chi connectivity index (χ1) is 8.66. The van der Waals surface area contributed by atoms with Gasteiger partial charge >= 0.3 is 5.97 Å². The van der Waals surface area contributed by atoms with Crippen LogP contribution in [0.3, 0.4) is 0 Å². The van der Waals surface area contributed by atoms with E-state index < -0.39 is 11.9 Å². The van der Waals surface area contributed by atoms with Crippen molar-refractivity contribution in [3.8, 4) is 0 Å². The maximum Gasteiger partial charge on any atom is 0.308 e. The SMILES string of the molecule is O=C(O)[C@@H]1CC(=O)N(c2n[nH]c3ccccc23)C1. The number of rotatable bonds is 2. The standard InChI is InChI=1S/C12H11N3O3/c16-10-5-7(12(17)18)6-15(10)11-8-3-1-2-4-9(8)13-14-11/h1-4,7H,5-6H2,(H,13,14)(H,17,18)/t7-/m1/s1. The zero-order valence-corrected chi connectivity index (χ0v) is 9.46. The third-order valence-corrected chi connectivity index (χ3v) is 3.18. The predicted molar refractivity (Wildman–Crippen MR) is 64.2 cm³/mol. The second-order valence-corrected chi connectivity index (χ2v) is 4.34. The maximum absolute atomic E-state index is 11.8. The lowest BCUT2D eigenvalue weighted by Gasteiger charge is -2.12. The van der Waals surface area contributed by atoms with Gasteiger partial charge in [0.05, 0.1) is 11.4 Å². The van der Waals surface area contributed by atoms with Gasteiger partial charge in [-0.1, -0.05) is 12.1 Å². The number of hydrogen-bond donors (Lipinski definition) is 2. The van der Waals surface area contributed by atoms with Gasteiger partial charge in [0, 0.05) is 18.4 Å². The molecule has 1 aliphatic rings. The minimum absolute atomic E-state index is 0.0382. The summed E-state index contributed by atoms with van der Waals surface area (Å²) in [7, 11) is 0. The van der Waals surface area contributed by atoms with E-state index in [-0.39, 0.29) is 18.9 Å². The number of H-pyrrole nitrogens is 1. The average Bonchev–Trinajstić information content (AvgIpc) is 2.92. The van der Waals surface area contributed by atoms with Crippen molar-refractivity contribution in [1.29, 1.82) is 0 Å². The van der Waals surface area contributed by atoms with E-state index in [2.05, 4.69) is 10.2 Å². The normalized spacial score (nSPS) is 19.7. The molecule has 0 saturated carbocycles. The quantitative estimate of drug-likeness (QED) is 0.826. The zero-order chi connectivity index (χ0) is 12.7. The molecule has 0 aliphatic carbocycles. The van der Waals surface area contributed by atoms with Crippen LogP contribution in [0, 0.1) is 5.92 Å². The maximum atomic E-state index is 11.8. The third kappa shape index (κ3) is 1.54. The number of aromatic nitrogens is 2. The van der Waals surface area contributed by atoms with Crippen molar-refractivity contribution in [3.05, 3.63) is 24.3 Å².